The molecule has 0 radical (unpaired) electrons. The number of aryl methyl sites for hydroxylation is 1. The van der Waals surface area contributed by atoms with Gasteiger partial charge in [0.25, 0.3) is 5.91 Å². The number of hydrogen-bond acceptors (Lipinski definition) is 3. The van der Waals surface area contributed by atoms with E-state index in [1.54, 1.807) is 48.5 Å². The minimum atomic E-state index is -0.410. The third-order valence-electron chi connectivity index (χ3n) is 3.99. The first-order valence-electron chi connectivity index (χ1n) is 8.69. The van der Waals surface area contributed by atoms with Crippen molar-refractivity contribution in [1.29, 1.82) is 0 Å². The number of nitrogens with zero attached hydrogens (tertiary/aromatic N) is 1. The molecule has 3 rings (SSSR count). The summed E-state index contributed by atoms with van der Waals surface area (Å²) in [5.41, 5.74) is 5.10. The maximum absolute atomic E-state index is 13.2. The van der Waals surface area contributed by atoms with Gasteiger partial charge in [-0.2, -0.15) is 5.10 Å². The lowest BCUT2D eigenvalue weighted by Crippen LogP contribution is -2.18. The van der Waals surface area contributed by atoms with E-state index >= 15 is 0 Å². The van der Waals surface area contributed by atoms with Gasteiger partial charge in [-0.05, 0) is 66.1 Å². The van der Waals surface area contributed by atoms with Crippen LogP contribution in [0.5, 0.6) is 5.75 Å². The largest absolute Gasteiger partial charge is 0.487 e. The highest BCUT2D eigenvalue weighted by Gasteiger charge is 2.09. The van der Waals surface area contributed by atoms with Crippen molar-refractivity contribution in [2.24, 2.45) is 5.10 Å². The van der Waals surface area contributed by atoms with Crippen LogP contribution >= 0.6 is 23.2 Å². The highest BCUT2D eigenvalue weighted by Crippen LogP contribution is 2.26. The average Bonchev–Trinajstić information content (AvgIpc) is 2.67. The normalized spacial score (nSPS) is 10.9. The van der Waals surface area contributed by atoms with Crippen LogP contribution in [0.15, 0.2) is 65.8 Å². The predicted molar refractivity (Wildman–Crippen MR) is 113 cm³/mol. The van der Waals surface area contributed by atoms with E-state index in [2.05, 4.69) is 10.5 Å². The molecule has 0 fully saturated rings. The van der Waals surface area contributed by atoms with E-state index in [0.29, 0.717) is 32.5 Å². The third kappa shape index (κ3) is 5.79. The van der Waals surface area contributed by atoms with Crippen molar-refractivity contribution in [3.63, 3.8) is 0 Å². The lowest BCUT2D eigenvalue weighted by Gasteiger charge is -2.09. The van der Waals surface area contributed by atoms with Gasteiger partial charge in [-0.3, -0.25) is 4.79 Å². The van der Waals surface area contributed by atoms with E-state index < -0.39 is 5.91 Å². The van der Waals surface area contributed by atoms with Crippen LogP contribution in [-0.4, -0.2) is 12.1 Å². The summed E-state index contributed by atoms with van der Waals surface area (Å²) in [6, 6.07) is 16.4. The minimum Gasteiger partial charge on any atom is -0.487 e. The Kier molecular flexibility index (Phi) is 6.86. The summed E-state index contributed by atoms with van der Waals surface area (Å²) in [7, 11) is 0. The summed E-state index contributed by atoms with van der Waals surface area (Å²) in [5.74, 6) is -0.270. The molecule has 7 heteroatoms. The van der Waals surface area contributed by atoms with Gasteiger partial charge in [-0.1, -0.05) is 41.4 Å². The third-order valence-corrected chi connectivity index (χ3v) is 4.60. The fourth-order valence-corrected chi connectivity index (χ4v) is 3.10. The molecule has 0 bridgehead atoms. The molecule has 0 aromatic heterocycles. The number of carbonyl (C=O) groups is 1. The first-order valence-corrected chi connectivity index (χ1v) is 9.44. The van der Waals surface area contributed by atoms with Gasteiger partial charge in [0.05, 0.1) is 21.8 Å². The second-order valence-electron chi connectivity index (χ2n) is 6.29. The Morgan fingerprint density at radius 3 is 2.66 bits per heavy atom. The summed E-state index contributed by atoms with van der Waals surface area (Å²) < 4.78 is 18.8. The molecular formula is C22H17Cl2FN2O2. The molecule has 0 spiro atoms. The second-order valence-corrected chi connectivity index (χ2v) is 7.11. The van der Waals surface area contributed by atoms with E-state index in [4.69, 9.17) is 27.9 Å². The molecule has 29 heavy (non-hydrogen) atoms. The monoisotopic (exact) mass is 430 g/mol. The molecule has 0 saturated carbocycles. The number of benzene rings is 3. The summed E-state index contributed by atoms with van der Waals surface area (Å²) in [4.78, 5) is 12.1. The Balaban J connectivity index is 1.60. The van der Waals surface area contributed by atoms with Crippen LogP contribution in [-0.2, 0) is 6.61 Å². The first kappa shape index (κ1) is 20.8. The molecule has 1 N–H and O–H groups in total. The van der Waals surface area contributed by atoms with Crippen molar-refractivity contribution >= 4 is 35.3 Å². The Bertz CT molecular complexity index is 1070. The predicted octanol–water partition coefficient (Wildman–Crippen LogP) is 5.78. The van der Waals surface area contributed by atoms with Crippen LogP contribution in [0.25, 0.3) is 0 Å². The van der Waals surface area contributed by atoms with Crippen molar-refractivity contribution in [3.05, 3.63) is 98.8 Å². The number of hydrogen-bond donors (Lipinski definition) is 1. The highest BCUT2D eigenvalue weighted by molar-refractivity contribution is 6.34. The zero-order valence-electron chi connectivity index (χ0n) is 15.5. The smallest absolute Gasteiger partial charge is 0.272 e. The van der Waals surface area contributed by atoms with Crippen LogP contribution in [0.4, 0.5) is 4.39 Å². The first-order chi connectivity index (χ1) is 13.9. The Labute approximate surface area is 177 Å². The lowest BCUT2D eigenvalue weighted by molar-refractivity contribution is 0.0955. The van der Waals surface area contributed by atoms with E-state index in [1.807, 2.05) is 6.92 Å². The quantitative estimate of drug-likeness (QED) is 0.397. The Morgan fingerprint density at radius 1 is 1.10 bits per heavy atom. The number of halogens is 3. The topological polar surface area (TPSA) is 50.7 Å². The van der Waals surface area contributed by atoms with Crippen molar-refractivity contribution in [1.82, 2.24) is 5.43 Å². The molecule has 0 aliphatic rings. The molecule has 0 heterocycles. The Hall–Kier alpha value is -2.89. The maximum Gasteiger partial charge on any atom is 0.272 e. The highest BCUT2D eigenvalue weighted by atomic mass is 35.5. The van der Waals surface area contributed by atoms with Crippen LogP contribution in [0.2, 0.25) is 10.0 Å². The van der Waals surface area contributed by atoms with Gasteiger partial charge in [-0.15, -0.1) is 0 Å². The molecule has 1 amide bonds. The molecule has 3 aromatic rings. The molecule has 148 valence electrons. The van der Waals surface area contributed by atoms with E-state index in [-0.39, 0.29) is 12.4 Å². The fourth-order valence-electron chi connectivity index (χ4n) is 2.53. The molecule has 4 nitrogen and oxygen atoms in total. The molecule has 0 aliphatic carbocycles. The van der Waals surface area contributed by atoms with Gasteiger partial charge in [0.1, 0.15) is 18.2 Å². The number of amides is 1. The van der Waals surface area contributed by atoms with Crippen molar-refractivity contribution < 1.29 is 13.9 Å². The second kappa shape index (κ2) is 9.54. The standard InChI is InChI=1S/C22H17Cl2FN2O2/c1-14-5-7-18(19(23)9-14)22(28)27-26-12-15-6-8-21(20(24)11-15)29-13-16-3-2-4-17(25)10-16/h2-12H,13H2,1H3,(H,27,28)/b26-12-. The number of ether oxygens (including phenoxy) is 1. The molecule has 0 aliphatic heterocycles. The Morgan fingerprint density at radius 2 is 1.93 bits per heavy atom. The van der Waals surface area contributed by atoms with Gasteiger partial charge < -0.3 is 4.74 Å². The van der Waals surface area contributed by atoms with Gasteiger partial charge in [0.2, 0.25) is 0 Å². The molecule has 0 atom stereocenters. The SMILES string of the molecule is Cc1ccc(C(=O)N/N=C\c2ccc(OCc3cccc(F)c3)c(Cl)c2)c(Cl)c1. The van der Waals surface area contributed by atoms with Gasteiger partial charge in [0, 0.05) is 0 Å². The van der Waals surface area contributed by atoms with Crippen LogP contribution < -0.4 is 10.2 Å². The molecule has 3 aromatic carbocycles. The van der Waals surface area contributed by atoms with Crippen LogP contribution in [0.1, 0.15) is 27.0 Å². The molecular weight excluding hydrogens is 414 g/mol. The zero-order valence-corrected chi connectivity index (χ0v) is 17.0. The number of hydrazone groups is 1. The van der Waals surface area contributed by atoms with E-state index in [9.17, 15) is 9.18 Å². The summed E-state index contributed by atoms with van der Waals surface area (Å²) >= 11 is 12.3. The lowest BCUT2D eigenvalue weighted by atomic mass is 10.1. The number of rotatable bonds is 6. The molecule has 0 saturated heterocycles. The van der Waals surface area contributed by atoms with Gasteiger partial charge in [0.15, 0.2) is 0 Å². The number of nitrogens with one attached hydrogen (secondary N) is 1. The van der Waals surface area contributed by atoms with Crippen LogP contribution in [0, 0.1) is 12.7 Å². The van der Waals surface area contributed by atoms with E-state index in [1.165, 1.54) is 18.3 Å². The van der Waals surface area contributed by atoms with Crippen molar-refractivity contribution in [2.75, 3.05) is 0 Å². The van der Waals surface area contributed by atoms with Crippen molar-refractivity contribution in [3.8, 4) is 5.75 Å². The van der Waals surface area contributed by atoms with Crippen molar-refractivity contribution in [2.45, 2.75) is 13.5 Å². The minimum absolute atomic E-state index is 0.193. The van der Waals surface area contributed by atoms with E-state index in [0.717, 1.165) is 5.56 Å². The summed E-state index contributed by atoms with van der Waals surface area (Å²) in [6.45, 7) is 2.08. The van der Waals surface area contributed by atoms with Crippen LogP contribution in [0.3, 0.4) is 0 Å². The fraction of sp³-hybridized carbons (Fsp3) is 0.0909. The van der Waals surface area contributed by atoms with Gasteiger partial charge in [-0.25, -0.2) is 9.82 Å². The zero-order chi connectivity index (χ0) is 20.8. The summed E-state index contributed by atoms with van der Waals surface area (Å²) in [5, 5.41) is 4.67. The maximum atomic E-state index is 13.2. The summed E-state index contributed by atoms with van der Waals surface area (Å²) in [6.07, 6.45) is 1.46. The number of carbonyl (C=O) groups excluding carboxylic acids is 1. The molecule has 0 unspecified atom stereocenters. The van der Waals surface area contributed by atoms with Gasteiger partial charge >= 0.3 is 0 Å². The average molecular weight is 431 g/mol.